The van der Waals surface area contributed by atoms with E-state index in [-0.39, 0.29) is 17.7 Å². The lowest BCUT2D eigenvalue weighted by Gasteiger charge is -2.22. The molecule has 19 heavy (non-hydrogen) atoms. The number of hydrogen-bond acceptors (Lipinski definition) is 4. The summed E-state index contributed by atoms with van der Waals surface area (Å²) in [5, 5.41) is 5.85. The van der Waals surface area contributed by atoms with Crippen LogP contribution >= 0.6 is 11.8 Å². The van der Waals surface area contributed by atoms with Gasteiger partial charge in [-0.1, -0.05) is 0 Å². The largest absolute Gasteiger partial charge is 0.435 e. The molecule has 1 unspecified atom stereocenters. The Kier molecular flexibility index (Phi) is 4.98. The molecule has 1 aromatic carbocycles. The Morgan fingerprint density at radius 3 is 2.74 bits per heavy atom. The molecule has 1 aliphatic heterocycles. The highest BCUT2D eigenvalue weighted by molar-refractivity contribution is 7.99. The van der Waals surface area contributed by atoms with Crippen LogP contribution in [0.5, 0.6) is 5.75 Å². The number of benzene rings is 1. The molecule has 1 aliphatic rings. The van der Waals surface area contributed by atoms with E-state index in [4.69, 9.17) is 0 Å². The van der Waals surface area contributed by atoms with Gasteiger partial charge < -0.3 is 15.4 Å². The summed E-state index contributed by atoms with van der Waals surface area (Å²) in [6, 6.07) is 5.64. The van der Waals surface area contributed by atoms with Crippen LogP contribution < -0.4 is 15.4 Å². The molecule has 1 heterocycles. The van der Waals surface area contributed by atoms with E-state index in [9.17, 15) is 13.6 Å². The fourth-order valence-corrected chi connectivity index (χ4v) is 2.62. The Bertz CT molecular complexity index is 422. The maximum absolute atomic E-state index is 12.0. The zero-order valence-corrected chi connectivity index (χ0v) is 10.9. The standard InChI is InChI=1S/C12H14F2N2O2S/c13-12(14)18-9-3-1-8(2-4-9)16-11(17)10-7-19-6-5-15-10/h1-4,10,12,15H,5-7H2,(H,16,17). The Labute approximate surface area is 113 Å². The molecular weight excluding hydrogens is 274 g/mol. The Morgan fingerprint density at radius 2 is 2.16 bits per heavy atom. The molecule has 1 fully saturated rings. The minimum atomic E-state index is -2.84. The number of anilines is 1. The van der Waals surface area contributed by atoms with E-state index in [1.807, 2.05) is 0 Å². The van der Waals surface area contributed by atoms with Crippen molar-refractivity contribution in [3.8, 4) is 5.75 Å². The molecule has 0 radical (unpaired) electrons. The molecule has 0 aliphatic carbocycles. The van der Waals surface area contributed by atoms with Crippen molar-refractivity contribution in [3.05, 3.63) is 24.3 Å². The zero-order valence-electron chi connectivity index (χ0n) is 10.1. The molecule has 0 bridgehead atoms. The predicted molar refractivity (Wildman–Crippen MR) is 70.8 cm³/mol. The molecule has 7 heteroatoms. The van der Waals surface area contributed by atoms with Gasteiger partial charge in [0.05, 0.1) is 6.04 Å². The first-order valence-corrected chi connectivity index (χ1v) is 6.97. The summed E-state index contributed by atoms with van der Waals surface area (Å²) in [7, 11) is 0. The maximum atomic E-state index is 12.0. The van der Waals surface area contributed by atoms with E-state index in [0.29, 0.717) is 5.69 Å². The van der Waals surface area contributed by atoms with Gasteiger partial charge in [0.1, 0.15) is 5.75 Å². The van der Waals surface area contributed by atoms with E-state index in [1.54, 1.807) is 11.8 Å². The van der Waals surface area contributed by atoms with Gasteiger partial charge in [-0.2, -0.15) is 20.5 Å². The van der Waals surface area contributed by atoms with Gasteiger partial charge in [-0.3, -0.25) is 4.79 Å². The summed E-state index contributed by atoms with van der Waals surface area (Å²) >= 11 is 1.72. The zero-order chi connectivity index (χ0) is 13.7. The molecule has 104 valence electrons. The van der Waals surface area contributed by atoms with Crippen molar-refractivity contribution >= 4 is 23.4 Å². The van der Waals surface area contributed by atoms with E-state index in [0.717, 1.165) is 18.1 Å². The topological polar surface area (TPSA) is 50.4 Å². The Balaban J connectivity index is 1.89. The van der Waals surface area contributed by atoms with Crippen molar-refractivity contribution in [2.45, 2.75) is 12.7 Å². The summed E-state index contributed by atoms with van der Waals surface area (Å²) in [4.78, 5) is 11.9. The minimum Gasteiger partial charge on any atom is -0.435 e. The number of carbonyl (C=O) groups excluding carboxylic acids is 1. The van der Waals surface area contributed by atoms with Gasteiger partial charge in [0.2, 0.25) is 5.91 Å². The first kappa shape index (κ1) is 14.1. The molecule has 2 rings (SSSR count). The highest BCUT2D eigenvalue weighted by Crippen LogP contribution is 2.18. The third-order valence-corrected chi connectivity index (χ3v) is 3.65. The van der Waals surface area contributed by atoms with Gasteiger partial charge in [0, 0.05) is 23.7 Å². The molecule has 0 saturated carbocycles. The van der Waals surface area contributed by atoms with Crippen LogP contribution in [0.1, 0.15) is 0 Å². The van der Waals surface area contributed by atoms with Crippen molar-refractivity contribution in [2.75, 3.05) is 23.4 Å². The fourth-order valence-electron chi connectivity index (χ4n) is 1.68. The normalized spacial score (nSPS) is 19.2. The summed E-state index contributed by atoms with van der Waals surface area (Å²) in [5.41, 5.74) is 0.559. The summed E-state index contributed by atoms with van der Waals surface area (Å²) in [6.45, 7) is -2.03. The average Bonchev–Trinajstić information content (AvgIpc) is 2.41. The average molecular weight is 288 g/mol. The lowest BCUT2D eigenvalue weighted by molar-refractivity contribution is -0.117. The monoisotopic (exact) mass is 288 g/mol. The van der Waals surface area contributed by atoms with Crippen LogP contribution in [0.2, 0.25) is 0 Å². The summed E-state index contributed by atoms with van der Waals surface area (Å²) in [5.74, 6) is 1.69. The van der Waals surface area contributed by atoms with E-state index < -0.39 is 6.61 Å². The van der Waals surface area contributed by atoms with Crippen molar-refractivity contribution in [1.82, 2.24) is 5.32 Å². The Hall–Kier alpha value is -1.34. The van der Waals surface area contributed by atoms with Gasteiger partial charge in [-0.15, -0.1) is 0 Å². The van der Waals surface area contributed by atoms with Crippen molar-refractivity contribution in [2.24, 2.45) is 0 Å². The van der Waals surface area contributed by atoms with Crippen LogP contribution in [-0.2, 0) is 4.79 Å². The highest BCUT2D eigenvalue weighted by atomic mass is 32.2. The number of rotatable bonds is 4. The number of nitrogens with one attached hydrogen (secondary N) is 2. The van der Waals surface area contributed by atoms with E-state index >= 15 is 0 Å². The molecule has 2 N–H and O–H groups in total. The number of hydrogen-bond donors (Lipinski definition) is 2. The van der Waals surface area contributed by atoms with Crippen LogP contribution in [0.3, 0.4) is 0 Å². The predicted octanol–water partition coefficient (Wildman–Crippen LogP) is 1.93. The van der Waals surface area contributed by atoms with Crippen LogP contribution in [0, 0.1) is 0 Å². The number of halogens is 2. The fraction of sp³-hybridized carbons (Fsp3) is 0.417. The lowest BCUT2D eigenvalue weighted by atomic mass is 10.2. The molecular formula is C12H14F2N2O2S. The Morgan fingerprint density at radius 1 is 1.42 bits per heavy atom. The number of alkyl halides is 2. The molecule has 1 atom stereocenters. The third kappa shape index (κ3) is 4.36. The first-order chi connectivity index (χ1) is 9.15. The molecule has 0 aromatic heterocycles. The van der Waals surface area contributed by atoms with Crippen molar-refractivity contribution in [1.29, 1.82) is 0 Å². The second-order valence-electron chi connectivity index (χ2n) is 3.97. The SMILES string of the molecule is O=C(Nc1ccc(OC(F)F)cc1)C1CSCCN1. The van der Waals surface area contributed by atoms with Crippen molar-refractivity contribution in [3.63, 3.8) is 0 Å². The number of ether oxygens (including phenoxy) is 1. The van der Waals surface area contributed by atoms with Crippen LogP contribution in [0.4, 0.5) is 14.5 Å². The van der Waals surface area contributed by atoms with Gasteiger partial charge in [0.25, 0.3) is 0 Å². The third-order valence-electron chi connectivity index (χ3n) is 2.59. The van der Waals surface area contributed by atoms with Crippen LogP contribution in [0.15, 0.2) is 24.3 Å². The number of amides is 1. The second kappa shape index (κ2) is 6.72. The van der Waals surface area contributed by atoms with Gasteiger partial charge in [-0.05, 0) is 24.3 Å². The quantitative estimate of drug-likeness (QED) is 0.889. The van der Waals surface area contributed by atoms with Gasteiger partial charge in [0.15, 0.2) is 0 Å². The number of carbonyl (C=O) groups is 1. The molecule has 1 aromatic rings. The molecule has 1 amide bonds. The first-order valence-electron chi connectivity index (χ1n) is 5.82. The molecule has 4 nitrogen and oxygen atoms in total. The molecule has 0 spiro atoms. The van der Waals surface area contributed by atoms with E-state index in [2.05, 4.69) is 15.4 Å². The summed E-state index contributed by atoms with van der Waals surface area (Å²) in [6.07, 6.45) is 0. The number of thioether (sulfide) groups is 1. The molecule has 1 saturated heterocycles. The highest BCUT2D eigenvalue weighted by Gasteiger charge is 2.20. The maximum Gasteiger partial charge on any atom is 0.387 e. The lowest BCUT2D eigenvalue weighted by Crippen LogP contribution is -2.46. The van der Waals surface area contributed by atoms with Crippen LogP contribution in [-0.4, -0.2) is 36.6 Å². The van der Waals surface area contributed by atoms with Gasteiger partial charge >= 0.3 is 6.61 Å². The van der Waals surface area contributed by atoms with Gasteiger partial charge in [-0.25, -0.2) is 0 Å². The summed E-state index contributed by atoms with van der Waals surface area (Å²) < 4.78 is 28.2. The smallest absolute Gasteiger partial charge is 0.387 e. The van der Waals surface area contributed by atoms with Crippen molar-refractivity contribution < 1.29 is 18.3 Å². The minimum absolute atomic E-state index is 0.0688. The van der Waals surface area contributed by atoms with E-state index in [1.165, 1.54) is 24.3 Å². The van der Waals surface area contributed by atoms with Crippen LogP contribution in [0.25, 0.3) is 0 Å². The second-order valence-corrected chi connectivity index (χ2v) is 5.12.